The van der Waals surface area contributed by atoms with Gasteiger partial charge in [0.05, 0.1) is 11.4 Å². The first-order valence-electron chi connectivity index (χ1n) is 4.65. The lowest BCUT2D eigenvalue weighted by Crippen LogP contribution is -2.18. The normalized spacial score (nSPS) is 21.1. The molecule has 0 radical (unpaired) electrons. The first-order chi connectivity index (χ1) is 6.75. The molecule has 0 aromatic heterocycles. The Morgan fingerprint density at radius 1 is 1.50 bits per heavy atom. The zero-order valence-corrected chi connectivity index (χ0v) is 10.2. The van der Waals surface area contributed by atoms with Gasteiger partial charge in [0, 0.05) is 16.3 Å². The van der Waals surface area contributed by atoms with E-state index in [1.807, 2.05) is 30.0 Å². The molecule has 1 aromatic carbocycles. The molecule has 0 aliphatic carbocycles. The van der Waals surface area contributed by atoms with Crippen molar-refractivity contribution >= 4 is 39.1 Å². The molecular formula is C10H13BrN2S. The van der Waals surface area contributed by atoms with Gasteiger partial charge in [0.15, 0.2) is 0 Å². The minimum Gasteiger partial charge on any atom is -0.397 e. The maximum Gasteiger partial charge on any atom is 0.0577 e. The monoisotopic (exact) mass is 272 g/mol. The van der Waals surface area contributed by atoms with Crippen LogP contribution in [-0.2, 0) is 0 Å². The average Bonchev–Trinajstić information content (AvgIpc) is 2.62. The van der Waals surface area contributed by atoms with Crippen molar-refractivity contribution in [3.63, 3.8) is 0 Å². The number of nitrogen functional groups attached to an aromatic ring is 1. The van der Waals surface area contributed by atoms with E-state index in [-0.39, 0.29) is 0 Å². The van der Waals surface area contributed by atoms with Crippen LogP contribution in [0.4, 0.5) is 11.4 Å². The number of hydrogen-bond donors (Lipinski definition) is 2. The molecule has 2 rings (SSSR count). The maximum atomic E-state index is 5.90. The van der Waals surface area contributed by atoms with Gasteiger partial charge in [-0.15, -0.1) is 0 Å². The van der Waals surface area contributed by atoms with Gasteiger partial charge < -0.3 is 11.1 Å². The summed E-state index contributed by atoms with van der Waals surface area (Å²) in [5.41, 5.74) is 7.77. The molecular weight excluding hydrogens is 260 g/mol. The average molecular weight is 273 g/mol. The van der Waals surface area contributed by atoms with Gasteiger partial charge in [0.25, 0.3) is 0 Å². The summed E-state index contributed by atoms with van der Waals surface area (Å²) in [5.74, 6) is 2.45. The summed E-state index contributed by atoms with van der Waals surface area (Å²) in [6.07, 6.45) is 1.24. The summed E-state index contributed by atoms with van der Waals surface area (Å²) in [7, 11) is 0. The minimum absolute atomic E-state index is 0.587. The van der Waals surface area contributed by atoms with E-state index in [0.29, 0.717) is 6.04 Å². The molecule has 0 amide bonds. The number of anilines is 2. The van der Waals surface area contributed by atoms with Crippen LogP contribution in [0.15, 0.2) is 22.7 Å². The third-order valence-electron chi connectivity index (χ3n) is 2.30. The molecule has 3 N–H and O–H groups in total. The van der Waals surface area contributed by atoms with Crippen LogP contribution in [0.1, 0.15) is 6.42 Å². The van der Waals surface area contributed by atoms with Crippen LogP contribution in [0.2, 0.25) is 0 Å². The third kappa shape index (κ3) is 2.36. The largest absolute Gasteiger partial charge is 0.397 e. The van der Waals surface area contributed by atoms with Crippen molar-refractivity contribution in [2.45, 2.75) is 12.5 Å². The lowest BCUT2D eigenvalue weighted by molar-refractivity contribution is 0.813. The van der Waals surface area contributed by atoms with Gasteiger partial charge in [-0.2, -0.15) is 11.8 Å². The van der Waals surface area contributed by atoms with Crippen LogP contribution >= 0.6 is 27.7 Å². The summed E-state index contributed by atoms with van der Waals surface area (Å²) in [6, 6.07) is 6.57. The summed E-state index contributed by atoms with van der Waals surface area (Å²) in [6.45, 7) is 0. The molecule has 0 spiro atoms. The van der Waals surface area contributed by atoms with E-state index in [1.165, 1.54) is 17.9 Å². The highest BCUT2D eigenvalue weighted by Crippen LogP contribution is 2.27. The van der Waals surface area contributed by atoms with Crippen LogP contribution in [0.25, 0.3) is 0 Å². The quantitative estimate of drug-likeness (QED) is 0.814. The third-order valence-corrected chi connectivity index (χ3v) is 3.96. The summed E-state index contributed by atoms with van der Waals surface area (Å²) in [5, 5.41) is 3.47. The van der Waals surface area contributed by atoms with Gasteiger partial charge in [-0.3, -0.25) is 0 Å². The van der Waals surface area contributed by atoms with E-state index in [0.717, 1.165) is 15.8 Å². The van der Waals surface area contributed by atoms with Gasteiger partial charge >= 0.3 is 0 Å². The fraction of sp³-hybridized carbons (Fsp3) is 0.400. The first kappa shape index (κ1) is 10.2. The number of rotatable bonds is 2. The SMILES string of the molecule is Nc1cc(Br)ccc1NC1CCSC1. The van der Waals surface area contributed by atoms with Crippen molar-refractivity contribution in [1.29, 1.82) is 0 Å². The van der Waals surface area contributed by atoms with Gasteiger partial charge in [-0.05, 0) is 30.4 Å². The van der Waals surface area contributed by atoms with Crippen molar-refractivity contribution in [2.24, 2.45) is 0 Å². The van der Waals surface area contributed by atoms with Crippen molar-refractivity contribution < 1.29 is 0 Å². The first-order valence-corrected chi connectivity index (χ1v) is 6.60. The van der Waals surface area contributed by atoms with Crippen molar-refractivity contribution in [1.82, 2.24) is 0 Å². The van der Waals surface area contributed by atoms with E-state index in [1.54, 1.807) is 0 Å². The second-order valence-corrected chi connectivity index (χ2v) is 5.50. The zero-order chi connectivity index (χ0) is 9.97. The number of nitrogens with one attached hydrogen (secondary N) is 1. The predicted molar refractivity (Wildman–Crippen MR) is 67.9 cm³/mol. The Balaban J connectivity index is 2.08. The number of benzene rings is 1. The second kappa shape index (κ2) is 4.45. The van der Waals surface area contributed by atoms with Crippen LogP contribution in [-0.4, -0.2) is 17.5 Å². The van der Waals surface area contributed by atoms with E-state index in [2.05, 4.69) is 21.2 Å². The minimum atomic E-state index is 0.587. The highest BCUT2D eigenvalue weighted by molar-refractivity contribution is 9.10. The molecule has 1 unspecified atom stereocenters. The zero-order valence-electron chi connectivity index (χ0n) is 7.79. The fourth-order valence-electron chi connectivity index (χ4n) is 1.53. The summed E-state index contributed by atoms with van der Waals surface area (Å²) < 4.78 is 1.03. The number of hydrogen-bond acceptors (Lipinski definition) is 3. The predicted octanol–water partition coefficient (Wildman–Crippen LogP) is 2.95. The molecule has 2 nitrogen and oxygen atoms in total. The smallest absolute Gasteiger partial charge is 0.0577 e. The van der Waals surface area contributed by atoms with Gasteiger partial charge in [-0.1, -0.05) is 15.9 Å². The highest BCUT2D eigenvalue weighted by Gasteiger charge is 2.15. The molecule has 76 valence electrons. The molecule has 1 aliphatic heterocycles. The fourth-order valence-corrected chi connectivity index (χ4v) is 3.06. The molecule has 1 atom stereocenters. The van der Waals surface area contributed by atoms with E-state index < -0.39 is 0 Å². The molecule has 4 heteroatoms. The van der Waals surface area contributed by atoms with Crippen molar-refractivity contribution in [3.05, 3.63) is 22.7 Å². The molecule has 14 heavy (non-hydrogen) atoms. The van der Waals surface area contributed by atoms with Crippen LogP contribution < -0.4 is 11.1 Å². The highest BCUT2D eigenvalue weighted by atomic mass is 79.9. The molecule has 1 aliphatic rings. The lowest BCUT2D eigenvalue weighted by atomic mass is 10.2. The van der Waals surface area contributed by atoms with Gasteiger partial charge in [-0.25, -0.2) is 0 Å². The van der Waals surface area contributed by atoms with E-state index in [4.69, 9.17) is 5.73 Å². The van der Waals surface area contributed by atoms with Crippen molar-refractivity contribution in [2.75, 3.05) is 22.6 Å². The summed E-state index contributed by atoms with van der Waals surface area (Å²) in [4.78, 5) is 0. The Bertz CT molecular complexity index is 324. The van der Waals surface area contributed by atoms with Crippen LogP contribution in [0, 0.1) is 0 Å². The molecule has 0 saturated carbocycles. The Labute approximate surface area is 96.8 Å². The molecule has 1 heterocycles. The summed E-state index contributed by atoms with van der Waals surface area (Å²) >= 11 is 5.39. The second-order valence-electron chi connectivity index (χ2n) is 3.44. The molecule has 0 bridgehead atoms. The van der Waals surface area contributed by atoms with Crippen LogP contribution in [0.5, 0.6) is 0 Å². The van der Waals surface area contributed by atoms with Crippen molar-refractivity contribution in [3.8, 4) is 0 Å². The lowest BCUT2D eigenvalue weighted by Gasteiger charge is -2.14. The Morgan fingerprint density at radius 2 is 2.36 bits per heavy atom. The Hall–Kier alpha value is -0.350. The number of thioether (sulfide) groups is 1. The number of nitrogens with two attached hydrogens (primary N) is 1. The molecule has 1 aromatic rings. The van der Waals surface area contributed by atoms with Gasteiger partial charge in [0.2, 0.25) is 0 Å². The van der Waals surface area contributed by atoms with E-state index in [9.17, 15) is 0 Å². The maximum absolute atomic E-state index is 5.90. The Kier molecular flexibility index (Phi) is 3.23. The molecule has 1 saturated heterocycles. The van der Waals surface area contributed by atoms with Crippen LogP contribution in [0.3, 0.4) is 0 Å². The standard InChI is InChI=1S/C10H13BrN2S/c11-7-1-2-10(9(12)5-7)13-8-3-4-14-6-8/h1-2,5,8,13H,3-4,6,12H2. The van der Waals surface area contributed by atoms with E-state index >= 15 is 0 Å². The topological polar surface area (TPSA) is 38.0 Å². The Morgan fingerprint density at radius 3 is 3.00 bits per heavy atom. The number of halogens is 1. The van der Waals surface area contributed by atoms with Gasteiger partial charge in [0.1, 0.15) is 0 Å². The molecule has 1 fully saturated rings.